The molecule has 4 aromatic rings. The van der Waals surface area contributed by atoms with Crippen molar-refractivity contribution in [2.45, 2.75) is 37.6 Å². The van der Waals surface area contributed by atoms with Gasteiger partial charge in [-0.05, 0) is 78.6 Å². The van der Waals surface area contributed by atoms with Gasteiger partial charge in [-0.1, -0.05) is 32.0 Å². The summed E-state index contributed by atoms with van der Waals surface area (Å²) in [7, 11) is -2.73. The maximum atomic E-state index is 13.8. The van der Waals surface area contributed by atoms with E-state index < -0.39 is 27.5 Å². The summed E-state index contributed by atoms with van der Waals surface area (Å²) in [6, 6.07) is 18.2. The first kappa shape index (κ1) is 27.9. The number of carbonyl (C=O) groups is 1. The van der Waals surface area contributed by atoms with E-state index in [1.54, 1.807) is 74.7 Å². The Bertz CT molecular complexity index is 1760. The highest BCUT2D eigenvalue weighted by Gasteiger charge is 2.31. The molecule has 0 saturated carbocycles. The maximum absolute atomic E-state index is 13.8. The lowest BCUT2D eigenvalue weighted by molar-refractivity contribution is -0.121. The van der Waals surface area contributed by atoms with Gasteiger partial charge in [0, 0.05) is 11.1 Å². The van der Waals surface area contributed by atoms with Crippen LogP contribution in [-0.4, -0.2) is 38.0 Å². The van der Waals surface area contributed by atoms with Crippen molar-refractivity contribution in [2.24, 2.45) is 0 Å². The largest absolute Gasteiger partial charge is 0.497 e. The molecule has 0 bridgehead atoms. The Balaban J connectivity index is 1.60. The minimum atomic E-state index is -4.28. The van der Waals surface area contributed by atoms with Crippen molar-refractivity contribution in [3.05, 3.63) is 99.8 Å². The average Bonchev–Trinajstić information content (AvgIpc) is 3.43. The number of carbonyl (C=O) groups excluding carboxylic acids is 1. The predicted molar refractivity (Wildman–Crippen MR) is 152 cm³/mol. The van der Waals surface area contributed by atoms with E-state index in [-0.39, 0.29) is 23.2 Å². The van der Waals surface area contributed by atoms with Crippen LogP contribution in [0.15, 0.2) is 82.5 Å². The number of sulfonamides is 1. The number of aromatic nitrogens is 2. The fourth-order valence-electron chi connectivity index (χ4n) is 4.48. The van der Waals surface area contributed by atoms with Crippen molar-refractivity contribution < 1.29 is 27.4 Å². The van der Waals surface area contributed by atoms with Crippen LogP contribution in [0.2, 0.25) is 0 Å². The van der Waals surface area contributed by atoms with Crippen LogP contribution in [-0.2, 0) is 14.8 Å². The molecule has 11 heteroatoms. The summed E-state index contributed by atoms with van der Waals surface area (Å²) in [5.41, 5.74) is 2.09. The fraction of sp³-hybridized carbons (Fsp3) is 0.233. The first-order chi connectivity index (χ1) is 19.6. The van der Waals surface area contributed by atoms with Gasteiger partial charge in [0.2, 0.25) is 6.79 Å². The summed E-state index contributed by atoms with van der Waals surface area (Å²) in [6.45, 7) is 5.60. The van der Waals surface area contributed by atoms with E-state index >= 15 is 0 Å². The quantitative estimate of drug-likeness (QED) is 0.332. The standard InChI is InChI=1S/C30H29N3O7S/c1-18(2)20-7-12-24(13-8-20)41(36,37)32-29(34)28(22-9-14-26-27(16-22)40-17-39-26)33-30(35)19(3)15-25(31-33)21-5-10-23(38-4)11-6-21/h5-16,18,28H,17H2,1-4H3,(H,32,34). The summed E-state index contributed by atoms with van der Waals surface area (Å²) in [5.74, 6) is 0.717. The van der Waals surface area contributed by atoms with Crippen molar-refractivity contribution in [1.29, 1.82) is 0 Å². The maximum Gasteiger partial charge on any atom is 0.270 e. The number of nitrogens with one attached hydrogen (secondary N) is 1. The number of hydrogen-bond acceptors (Lipinski definition) is 8. The van der Waals surface area contributed by atoms with Crippen LogP contribution in [0.1, 0.15) is 42.5 Å². The molecule has 0 fully saturated rings. The highest BCUT2D eigenvalue weighted by molar-refractivity contribution is 7.90. The van der Waals surface area contributed by atoms with Gasteiger partial charge < -0.3 is 14.2 Å². The Kier molecular flexibility index (Phi) is 7.55. The van der Waals surface area contributed by atoms with Gasteiger partial charge in [-0.3, -0.25) is 9.59 Å². The molecular formula is C30H29N3O7S. The van der Waals surface area contributed by atoms with E-state index in [0.29, 0.717) is 34.1 Å². The van der Waals surface area contributed by atoms with Gasteiger partial charge in [-0.25, -0.2) is 17.8 Å². The Hall–Kier alpha value is -4.64. The van der Waals surface area contributed by atoms with Crippen LogP contribution in [0, 0.1) is 6.92 Å². The number of benzene rings is 3. The lowest BCUT2D eigenvalue weighted by Crippen LogP contribution is -2.42. The number of methoxy groups -OCH3 is 1. The SMILES string of the molecule is COc1ccc(-c2cc(C)c(=O)n(C(C(=O)NS(=O)(=O)c3ccc(C(C)C)cc3)c3ccc4c(c3)OCO4)n2)cc1. The topological polar surface area (TPSA) is 126 Å². The minimum absolute atomic E-state index is 0.000658. The average molecular weight is 576 g/mol. The van der Waals surface area contributed by atoms with Crippen LogP contribution >= 0.6 is 0 Å². The van der Waals surface area contributed by atoms with Crippen LogP contribution in [0.5, 0.6) is 17.2 Å². The number of aryl methyl sites for hydroxylation is 1. The smallest absolute Gasteiger partial charge is 0.270 e. The molecule has 1 atom stereocenters. The summed E-state index contributed by atoms with van der Waals surface area (Å²) in [6.07, 6.45) is 0. The molecule has 0 spiro atoms. The summed E-state index contributed by atoms with van der Waals surface area (Å²) in [5, 5.41) is 4.52. The van der Waals surface area contributed by atoms with E-state index in [9.17, 15) is 18.0 Å². The Morgan fingerprint density at radius 2 is 1.61 bits per heavy atom. The van der Waals surface area contributed by atoms with Crippen LogP contribution in [0.3, 0.4) is 0 Å². The zero-order chi connectivity index (χ0) is 29.3. The summed E-state index contributed by atoms with van der Waals surface area (Å²) < 4.78 is 45.8. The van der Waals surface area contributed by atoms with Crippen molar-refractivity contribution in [3.8, 4) is 28.5 Å². The van der Waals surface area contributed by atoms with Crippen LogP contribution < -0.4 is 24.5 Å². The number of rotatable bonds is 8. The normalized spacial score (nSPS) is 13.2. The molecule has 1 aliphatic rings. The molecular weight excluding hydrogens is 546 g/mol. The molecule has 5 rings (SSSR count). The Labute approximate surface area is 237 Å². The first-order valence-electron chi connectivity index (χ1n) is 12.9. The minimum Gasteiger partial charge on any atom is -0.497 e. The Morgan fingerprint density at radius 3 is 2.27 bits per heavy atom. The zero-order valence-corrected chi connectivity index (χ0v) is 23.8. The molecule has 0 radical (unpaired) electrons. The van der Waals surface area contributed by atoms with Crippen molar-refractivity contribution in [1.82, 2.24) is 14.5 Å². The lowest BCUT2D eigenvalue weighted by Gasteiger charge is -2.20. The molecule has 10 nitrogen and oxygen atoms in total. The van der Waals surface area contributed by atoms with E-state index in [4.69, 9.17) is 14.2 Å². The molecule has 1 unspecified atom stereocenters. The third kappa shape index (κ3) is 5.66. The molecule has 41 heavy (non-hydrogen) atoms. The van der Waals surface area contributed by atoms with E-state index in [2.05, 4.69) is 9.82 Å². The summed E-state index contributed by atoms with van der Waals surface area (Å²) >= 11 is 0. The molecule has 3 aromatic carbocycles. The lowest BCUT2D eigenvalue weighted by atomic mass is 10.0. The highest BCUT2D eigenvalue weighted by atomic mass is 32.2. The number of nitrogens with zero attached hydrogens (tertiary/aromatic N) is 2. The van der Waals surface area contributed by atoms with E-state index in [0.717, 1.165) is 10.2 Å². The fourth-order valence-corrected chi connectivity index (χ4v) is 5.47. The van der Waals surface area contributed by atoms with Crippen LogP contribution in [0.25, 0.3) is 11.3 Å². The first-order valence-corrected chi connectivity index (χ1v) is 14.4. The molecule has 1 amide bonds. The van der Waals surface area contributed by atoms with Crippen molar-refractivity contribution >= 4 is 15.9 Å². The second-order valence-electron chi connectivity index (χ2n) is 9.90. The molecule has 2 heterocycles. The van der Waals surface area contributed by atoms with Crippen LogP contribution in [0.4, 0.5) is 0 Å². The molecule has 1 aromatic heterocycles. The van der Waals surface area contributed by atoms with Crippen molar-refractivity contribution in [3.63, 3.8) is 0 Å². The number of ether oxygens (including phenoxy) is 3. The van der Waals surface area contributed by atoms with Gasteiger partial charge >= 0.3 is 0 Å². The number of hydrogen-bond donors (Lipinski definition) is 1. The van der Waals surface area contributed by atoms with Gasteiger partial charge in [0.25, 0.3) is 21.5 Å². The highest BCUT2D eigenvalue weighted by Crippen LogP contribution is 2.35. The van der Waals surface area contributed by atoms with Crippen molar-refractivity contribution in [2.75, 3.05) is 13.9 Å². The molecule has 0 saturated heterocycles. The van der Waals surface area contributed by atoms with E-state index in [1.807, 2.05) is 13.8 Å². The monoisotopic (exact) mass is 575 g/mol. The van der Waals surface area contributed by atoms with Gasteiger partial charge in [-0.15, -0.1) is 0 Å². The molecule has 1 N–H and O–H groups in total. The zero-order valence-electron chi connectivity index (χ0n) is 23.0. The number of amides is 1. The van der Waals surface area contributed by atoms with E-state index in [1.165, 1.54) is 12.1 Å². The van der Waals surface area contributed by atoms with Gasteiger partial charge in [0.05, 0.1) is 17.7 Å². The Morgan fingerprint density at radius 1 is 0.951 bits per heavy atom. The van der Waals surface area contributed by atoms with Gasteiger partial charge in [0.1, 0.15) is 5.75 Å². The third-order valence-electron chi connectivity index (χ3n) is 6.80. The second-order valence-corrected chi connectivity index (χ2v) is 11.6. The third-order valence-corrected chi connectivity index (χ3v) is 8.16. The molecule has 1 aliphatic heterocycles. The second kappa shape index (κ2) is 11.1. The molecule has 212 valence electrons. The predicted octanol–water partition coefficient (Wildman–Crippen LogP) is 4.17. The number of fused-ring (bicyclic) bond motifs is 1. The molecule has 0 aliphatic carbocycles. The van der Waals surface area contributed by atoms with Gasteiger partial charge in [-0.2, -0.15) is 5.10 Å². The van der Waals surface area contributed by atoms with Gasteiger partial charge in [0.15, 0.2) is 17.5 Å². The summed E-state index contributed by atoms with van der Waals surface area (Å²) in [4.78, 5) is 27.2.